The Morgan fingerprint density at radius 2 is 2.04 bits per heavy atom. The summed E-state index contributed by atoms with van der Waals surface area (Å²) in [5.41, 5.74) is 1.92. The maximum absolute atomic E-state index is 12.6. The fourth-order valence-electron chi connectivity index (χ4n) is 3.08. The van der Waals surface area contributed by atoms with Crippen molar-refractivity contribution in [3.8, 4) is 0 Å². The number of nitrogens with zero attached hydrogens (tertiary/aromatic N) is 4. The van der Waals surface area contributed by atoms with Gasteiger partial charge in [-0.25, -0.2) is 4.98 Å². The van der Waals surface area contributed by atoms with Crippen LogP contribution in [0.15, 0.2) is 29.1 Å². The van der Waals surface area contributed by atoms with Gasteiger partial charge in [-0.3, -0.25) is 24.8 Å². The van der Waals surface area contributed by atoms with E-state index in [-0.39, 0.29) is 23.2 Å². The highest BCUT2D eigenvalue weighted by Gasteiger charge is 2.22. The maximum atomic E-state index is 12.6. The first-order valence-corrected chi connectivity index (χ1v) is 8.62. The number of carbonyl (C=O) groups is 2. The number of hydrogen-bond acceptors (Lipinski definition) is 5. The van der Waals surface area contributed by atoms with Crippen molar-refractivity contribution in [3.05, 3.63) is 51.4 Å². The number of H-pyrrole nitrogens is 1. The number of anilines is 2. The number of nitrogens with one attached hydrogen (secondary N) is 2. The molecule has 0 unspecified atom stereocenters. The van der Waals surface area contributed by atoms with Crippen molar-refractivity contribution in [1.29, 1.82) is 0 Å². The zero-order valence-electron chi connectivity index (χ0n) is 14.9. The van der Waals surface area contributed by atoms with E-state index < -0.39 is 5.91 Å². The summed E-state index contributed by atoms with van der Waals surface area (Å²) < 4.78 is 1.19. The van der Waals surface area contributed by atoms with Gasteiger partial charge >= 0.3 is 0 Å². The fourth-order valence-corrected chi connectivity index (χ4v) is 3.08. The molecule has 0 saturated carbocycles. The molecule has 27 heavy (non-hydrogen) atoms. The van der Waals surface area contributed by atoms with Crippen molar-refractivity contribution in [1.82, 2.24) is 19.6 Å². The van der Waals surface area contributed by atoms with E-state index in [1.54, 1.807) is 43.0 Å². The predicted octanol–water partition coefficient (Wildman–Crippen LogP) is 1.41. The molecule has 138 valence electrons. The molecule has 9 heteroatoms. The minimum atomic E-state index is -0.399. The molecule has 0 spiro atoms. The molecule has 1 aliphatic rings. The molecule has 2 aromatic heterocycles. The second-order valence-electron chi connectivity index (χ2n) is 6.49. The van der Waals surface area contributed by atoms with Crippen LogP contribution in [0.4, 0.5) is 11.6 Å². The highest BCUT2D eigenvalue weighted by molar-refractivity contribution is 6.05. The number of aromatic amines is 1. The van der Waals surface area contributed by atoms with Crippen LogP contribution >= 0.6 is 0 Å². The Labute approximate surface area is 154 Å². The highest BCUT2D eigenvalue weighted by atomic mass is 16.2. The molecule has 0 bridgehead atoms. The summed E-state index contributed by atoms with van der Waals surface area (Å²) in [5.74, 6) is -0.0304. The summed E-state index contributed by atoms with van der Waals surface area (Å²) in [6, 6.07) is 6.85. The van der Waals surface area contributed by atoms with Crippen LogP contribution < -0.4 is 15.8 Å². The second-order valence-corrected chi connectivity index (χ2v) is 6.49. The monoisotopic (exact) mass is 366 g/mol. The lowest BCUT2D eigenvalue weighted by Gasteiger charge is -2.16. The van der Waals surface area contributed by atoms with Crippen molar-refractivity contribution in [2.45, 2.75) is 26.7 Å². The van der Waals surface area contributed by atoms with Crippen LogP contribution in [0.25, 0.3) is 5.78 Å². The minimum Gasteiger partial charge on any atom is -0.312 e. The van der Waals surface area contributed by atoms with Crippen molar-refractivity contribution < 1.29 is 9.59 Å². The van der Waals surface area contributed by atoms with Gasteiger partial charge in [0.1, 0.15) is 0 Å². The summed E-state index contributed by atoms with van der Waals surface area (Å²) in [5, 5.41) is 5.38. The minimum absolute atomic E-state index is 0.0565. The number of aryl methyl sites for hydroxylation is 1. The predicted molar refractivity (Wildman–Crippen MR) is 99.1 cm³/mol. The summed E-state index contributed by atoms with van der Waals surface area (Å²) in [6.45, 7) is 4.07. The number of hydrogen-bond donors (Lipinski definition) is 2. The Bertz CT molecular complexity index is 1130. The van der Waals surface area contributed by atoms with Crippen LogP contribution in [0.1, 0.15) is 34.5 Å². The number of rotatable bonds is 3. The van der Waals surface area contributed by atoms with Gasteiger partial charge in [0.05, 0.1) is 0 Å². The van der Waals surface area contributed by atoms with Crippen molar-refractivity contribution in [2.24, 2.45) is 0 Å². The topological polar surface area (TPSA) is 112 Å². The van der Waals surface area contributed by atoms with E-state index >= 15 is 0 Å². The Kier molecular flexibility index (Phi) is 3.98. The molecule has 1 fully saturated rings. The molecule has 0 radical (unpaired) electrons. The first-order valence-electron chi connectivity index (χ1n) is 8.62. The molecule has 2 amide bonds. The second kappa shape index (κ2) is 6.35. The van der Waals surface area contributed by atoms with Gasteiger partial charge in [0, 0.05) is 35.5 Å². The van der Waals surface area contributed by atoms with E-state index in [2.05, 4.69) is 20.4 Å². The third-order valence-corrected chi connectivity index (χ3v) is 4.69. The number of amides is 2. The SMILES string of the molecule is Cc1nc2nc(NC(=O)c3cccc(N4CCCC4=O)c3)[nH]n2c(=O)c1C. The summed E-state index contributed by atoms with van der Waals surface area (Å²) in [7, 11) is 0. The van der Waals surface area contributed by atoms with Crippen LogP contribution in [-0.2, 0) is 4.79 Å². The number of carbonyl (C=O) groups excluding carboxylic acids is 2. The van der Waals surface area contributed by atoms with Gasteiger partial charge < -0.3 is 4.90 Å². The molecule has 3 aromatic rings. The average Bonchev–Trinajstić information content (AvgIpc) is 3.26. The van der Waals surface area contributed by atoms with E-state index in [4.69, 9.17) is 0 Å². The number of benzene rings is 1. The van der Waals surface area contributed by atoms with Crippen LogP contribution in [-0.4, -0.2) is 37.9 Å². The highest BCUT2D eigenvalue weighted by Crippen LogP contribution is 2.22. The van der Waals surface area contributed by atoms with E-state index in [9.17, 15) is 14.4 Å². The summed E-state index contributed by atoms with van der Waals surface area (Å²) in [4.78, 5) is 46.8. The quantitative estimate of drug-likeness (QED) is 0.728. The first kappa shape index (κ1) is 17.0. The molecule has 1 saturated heterocycles. The van der Waals surface area contributed by atoms with E-state index in [0.29, 0.717) is 35.5 Å². The van der Waals surface area contributed by atoms with Crippen molar-refractivity contribution in [2.75, 3.05) is 16.8 Å². The molecular weight excluding hydrogens is 348 g/mol. The van der Waals surface area contributed by atoms with Crippen LogP contribution in [0.3, 0.4) is 0 Å². The Balaban J connectivity index is 1.61. The molecule has 0 atom stereocenters. The van der Waals surface area contributed by atoms with Crippen LogP contribution in [0.5, 0.6) is 0 Å². The van der Waals surface area contributed by atoms with Gasteiger partial charge in [0.25, 0.3) is 17.2 Å². The molecule has 1 aromatic carbocycles. The maximum Gasteiger partial charge on any atom is 0.277 e. The molecular formula is C18H18N6O3. The zero-order valence-corrected chi connectivity index (χ0v) is 14.9. The smallest absolute Gasteiger partial charge is 0.277 e. The van der Waals surface area contributed by atoms with E-state index in [1.807, 2.05) is 0 Å². The molecule has 2 N–H and O–H groups in total. The number of aromatic nitrogens is 4. The Morgan fingerprint density at radius 1 is 1.22 bits per heavy atom. The van der Waals surface area contributed by atoms with E-state index in [0.717, 1.165) is 6.42 Å². The van der Waals surface area contributed by atoms with Crippen LogP contribution in [0.2, 0.25) is 0 Å². The summed E-state index contributed by atoms with van der Waals surface area (Å²) >= 11 is 0. The lowest BCUT2D eigenvalue weighted by Crippen LogP contribution is -2.24. The zero-order chi connectivity index (χ0) is 19.1. The van der Waals surface area contributed by atoms with Crippen molar-refractivity contribution in [3.63, 3.8) is 0 Å². The first-order chi connectivity index (χ1) is 12.9. The van der Waals surface area contributed by atoms with Gasteiger partial charge in [0.2, 0.25) is 11.9 Å². The molecule has 3 heterocycles. The van der Waals surface area contributed by atoms with Gasteiger partial charge in [-0.1, -0.05) is 6.07 Å². The van der Waals surface area contributed by atoms with Gasteiger partial charge in [-0.15, -0.1) is 0 Å². The van der Waals surface area contributed by atoms with Gasteiger partial charge in [-0.05, 0) is 38.5 Å². The Hall–Kier alpha value is -3.49. The summed E-state index contributed by atoms with van der Waals surface area (Å²) in [6.07, 6.45) is 1.34. The third-order valence-electron chi connectivity index (χ3n) is 4.69. The molecule has 4 rings (SSSR count). The van der Waals surface area contributed by atoms with Crippen LogP contribution in [0, 0.1) is 13.8 Å². The standard InChI is InChI=1S/C18H18N6O3/c1-10-11(2)19-18-21-17(22-24(18)16(10)27)20-15(26)12-5-3-6-13(9-12)23-8-4-7-14(23)25/h3,5-6,9H,4,7-8H2,1-2H3,(H2,19,20,21,22,26). The lowest BCUT2D eigenvalue weighted by atomic mass is 10.2. The third kappa shape index (κ3) is 2.97. The number of fused-ring (bicyclic) bond motifs is 1. The Morgan fingerprint density at radius 3 is 2.78 bits per heavy atom. The van der Waals surface area contributed by atoms with Crippen molar-refractivity contribution >= 4 is 29.2 Å². The normalized spacial score (nSPS) is 14.1. The lowest BCUT2D eigenvalue weighted by molar-refractivity contribution is -0.117. The molecule has 9 nitrogen and oxygen atoms in total. The fraction of sp³-hybridized carbons (Fsp3) is 0.278. The average molecular weight is 366 g/mol. The molecule has 1 aliphatic heterocycles. The van der Waals surface area contributed by atoms with Gasteiger partial charge in [-0.2, -0.15) is 9.50 Å². The van der Waals surface area contributed by atoms with Gasteiger partial charge in [0.15, 0.2) is 0 Å². The van der Waals surface area contributed by atoms with E-state index in [1.165, 1.54) is 4.52 Å². The largest absolute Gasteiger partial charge is 0.312 e. The molecule has 0 aliphatic carbocycles.